The zero-order valence-electron chi connectivity index (χ0n) is 52.4. The fourth-order valence-electron chi connectivity index (χ4n) is 8.86. The summed E-state index contributed by atoms with van der Waals surface area (Å²) >= 11 is 0. The Balaban J connectivity index is 2.66. The van der Waals surface area contributed by atoms with Crippen LogP contribution in [0, 0.1) is 10.8 Å². The summed E-state index contributed by atoms with van der Waals surface area (Å²) in [6, 6.07) is 9.04. The monoisotopic (exact) mass is 1140 g/mol. The van der Waals surface area contributed by atoms with E-state index in [4.69, 9.17) is 18.9 Å². The average Bonchev–Trinajstić information content (AvgIpc) is 3.32. The Morgan fingerprint density at radius 3 is 1.09 bits per heavy atom. The smallest absolute Gasteiger partial charge is 0.344 e. The molecule has 0 aliphatic heterocycles. The molecule has 0 saturated carbocycles. The lowest BCUT2D eigenvalue weighted by atomic mass is 9.86. The van der Waals surface area contributed by atoms with Crippen molar-refractivity contribution >= 4 is 47.6 Å². The fourth-order valence-corrected chi connectivity index (χ4v) is 8.86. The number of hydrogen-bond acceptors (Lipinski definition) is 13. The van der Waals surface area contributed by atoms with Gasteiger partial charge in [0.15, 0.2) is 24.4 Å². The molecule has 2 aromatic carbocycles. The van der Waals surface area contributed by atoms with Crippen molar-refractivity contribution in [2.24, 2.45) is 10.8 Å². The predicted molar refractivity (Wildman–Crippen MR) is 306 cm³/mol. The van der Waals surface area contributed by atoms with E-state index in [1.165, 1.54) is 69.7 Å². The standard InChI is InChI=1S/C62H96F2N4O13/c1-37(78-54(75)44(34-57(3,4)5)67(21)50(70)47(80-53(74)43(65-19)33-61(15,16)63)31-39-23-27-41(28-24-39)59(9,10)11)49(69)66(20)46(36-62(17,18)64)56(77)81-48(32-40-25-29-42(30-26-40)60(12,13)14)51(71)68(22)45(35-58(6,7)8)55(76)79-38(2)52(72)73/h23-30,37-38,43-48,65H,31-36H2,1-22H3,(H,72,73)/t37?,38-,43+,44+,45+,46+,47-,48-/m1/s1. The number of alkyl halides is 2. The number of carbonyl (C=O) groups excluding carboxylic acids is 7. The molecule has 2 aromatic rings. The maximum atomic E-state index is 15.9. The molecule has 456 valence electrons. The van der Waals surface area contributed by atoms with Crippen molar-refractivity contribution in [1.82, 2.24) is 20.0 Å². The van der Waals surface area contributed by atoms with Crippen LogP contribution in [-0.2, 0) is 81.0 Å². The summed E-state index contributed by atoms with van der Waals surface area (Å²) in [4.78, 5) is 115. The van der Waals surface area contributed by atoms with Crippen molar-refractivity contribution in [1.29, 1.82) is 0 Å². The van der Waals surface area contributed by atoms with Crippen LogP contribution < -0.4 is 5.32 Å². The minimum atomic E-state index is -2.13. The molecule has 0 bridgehead atoms. The molecule has 8 atom stereocenters. The van der Waals surface area contributed by atoms with Crippen LogP contribution in [0.4, 0.5) is 8.78 Å². The molecule has 2 N–H and O–H groups in total. The second-order valence-corrected chi connectivity index (χ2v) is 27.3. The SMILES string of the molecule is CN[C@@H](CC(C)(C)F)C(=O)O[C@H](Cc1ccc(C(C)(C)C)cc1)C(=O)N(C)[C@@H](CC(C)(C)C)C(=O)OC(C)C(=O)N(C)[C@@H](CC(C)(C)F)C(=O)O[C@H](Cc1ccc(C(C)(C)C)cc1)C(=O)N(C)[C@@H](CC(C)(C)C)C(=O)O[C@H](C)C(=O)O. The van der Waals surface area contributed by atoms with Crippen LogP contribution in [0.5, 0.6) is 0 Å². The predicted octanol–water partition coefficient (Wildman–Crippen LogP) is 9.06. The Morgan fingerprint density at radius 2 is 0.778 bits per heavy atom. The van der Waals surface area contributed by atoms with E-state index in [0.29, 0.717) is 11.1 Å². The Bertz CT molecular complexity index is 2480. The van der Waals surface area contributed by atoms with Gasteiger partial charge in [-0.2, -0.15) is 0 Å². The molecule has 0 saturated heterocycles. The van der Waals surface area contributed by atoms with Gasteiger partial charge in [0.1, 0.15) is 35.5 Å². The lowest BCUT2D eigenvalue weighted by Crippen LogP contribution is -2.54. The summed E-state index contributed by atoms with van der Waals surface area (Å²) in [6.07, 6.45) is -7.69. The number of amides is 3. The molecular weight excluding hydrogens is 1050 g/mol. The molecule has 3 amide bonds. The van der Waals surface area contributed by atoms with Crippen LogP contribution in [0.2, 0.25) is 0 Å². The molecule has 0 aliphatic rings. The quantitative estimate of drug-likeness (QED) is 0.0664. The number of ether oxygens (including phenoxy) is 4. The maximum Gasteiger partial charge on any atom is 0.344 e. The molecule has 2 rings (SSSR count). The zero-order valence-corrected chi connectivity index (χ0v) is 52.4. The second kappa shape index (κ2) is 28.3. The minimum absolute atomic E-state index is 0.00598. The highest BCUT2D eigenvalue weighted by Crippen LogP contribution is 2.30. The zero-order chi connectivity index (χ0) is 62.7. The van der Waals surface area contributed by atoms with Crippen molar-refractivity contribution in [3.05, 3.63) is 70.8 Å². The van der Waals surface area contributed by atoms with Crippen LogP contribution in [0.15, 0.2) is 48.5 Å². The van der Waals surface area contributed by atoms with E-state index in [-0.39, 0.29) is 42.9 Å². The van der Waals surface area contributed by atoms with E-state index >= 15 is 4.39 Å². The Kier molecular flexibility index (Phi) is 24.9. The number of esters is 4. The minimum Gasteiger partial charge on any atom is -0.479 e. The van der Waals surface area contributed by atoms with Crippen LogP contribution in [0.25, 0.3) is 0 Å². The topological polar surface area (TPSA) is 215 Å². The van der Waals surface area contributed by atoms with Gasteiger partial charge in [0, 0.05) is 46.8 Å². The summed E-state index contributed by atoms with van der Waals surface area (Å²) in [5, 5.41) is 12.3. The normalized spacial score (nSPS) is 15.6. The van der Waals surface area contributed by atoms with E-state index in [1.807, 2.05) is 98.7 Å². The van der Waals surface area contributed by atoms with Gasteiger partial charge in [-0.15, -0.1) is 0 Å². The van der Waals surface area contributed by atoms with Crippen LogP contribution in [0.3, 0.4) is 0 Å². The average molecular weight is 1140 g/mol. The van der Waals surface area contributed by atoms with Gasteiger partial charge in [0.2, 0.25) is 0 Å². The molecule has 17 nitrogen and oxygen atoms in total. The summed E-state index contributed by atoms with van der Waals surface area (Å²) in [6.45, 7) is 30.5. The number of likely N-dealkylation sites (N-methyl/N-ethyl adjacent to an activating group) is 4. The number of halogens is 2. The summed E-state index contributed by atoms with van der Waals surface area (Å²) in [5.41, 5.74) is -2.45. The lowest BCUT2D eigenvalue weighted by molar-refractivity contribution is -0.175. The Hall–Kier alpha value is -5.98. The molecule has 1 unspecified atom stereocenters. The van der Waals surface area contributed by atoms with Gasteiger partial charge in [-0.05, 0) is 105 Å². The first kappa shape index (κ1) is 71.1. The largest absolute Gasteiger partial charge is 0.479 e. The van der Waals surface area contributed by atoms with E-state index in [1.54, 1.807) is 32.9 Å². The van der Waals surface area contributed by atoms with Crippen molar-refractivity contribution in [2.45, 2.75) is 234 Å². The maximum absolute atomic E-state index is 15.9. The van der Waals surface area contributed by atoms with Gasteiger partial charge in [-0.3, -0.25) is 19.2 Å². The first-order chi connectivity index (χ1) is 36.7. The number of nitrogens with zero attached hydrogens (tertiary/aromatic N) is 3. The molecule has 0 heterocycles. The fraction of sp³-hybridized carbons (Fsp3) is 0.677. The first-order valence-corrected chi connectivity index (χ1v) is 27.7. The van der Waals surface area contributed by atoms with Gasteiger partial charge >= 0.3 is 29.8 Å². The van der Waals surface area contributed by atoms with Gasteiger partial charge in [0.25, 0.3) is 17.7 Å². The second-order valence-electron chi connectivity index (χ2n) is 27.3. The number of carboxylic acid groups (broad SMARTS) is 1. The van der Waals surface area contributed by atoms with Crippen LogP contribution in [-0.4, -0.2) is 155 Å². The molecule has 0 aliphatic carbocycles. The van der Waals surface area contributed by atoms with Gasteiger partial charge in [-0.25, -0.2) is 28.0 Å². The van der Waals surface area contributed by atoms with Crippen molar-refractivity contribution in [2.75, 3.05) is 28.2 Å². The highest BCUT2D eigenvalue weighted by atomic mass is 19.1. The highest BCUT2D eigenvalue weighted by Gasteiger charge is 2.44. The van der Waals surface area contributed by atoms with E-state index in [9.17, 15) is 47.9 Å². The molecule has 0 fully saturated rings. The van der Waals surface area contributed by atoms with Crippen molar-refractivity contribution in [3.63, 3.8) is 0 Å². The Morgan fingerprint density at radius 1 is 0.469 bits per heavy atom. The number of carbonyl (C=O) groups is 8. The van der Waals surface area contributed by atoms with E-state index in [2.05, 4.69) is 5.32 Å². The number of benzene rings is 2. The first-order valence-electron chi connectivity index (χ1n) is 27.7. The molecular formula is C62H96F2N4O13. The lowest BCUT2D eigenvalue weighted by Gasteiger charge is -2.36. The molecule has 0 radical (unpaired) electrons. The Labute approximate surface area is 480 Å². The molecule has 81 heavy (non-hydrogen) atoms. The summed E-state index contributed by atoms with van der Waals surface area (Å²) < 4.78 is 53.7. The van der Waals surface area contributed by atoms with Crippen molar-refractivity contribution < 1.29 is 71.2 Å². The van der Waals surface area contributed by atoms with Gasteiger partial charge < -0.3 is 44.1 Å². The summed E-state index contributed by atoms with van der Waals surface area (Å²) in [5.74, 6) is -8.19. The van der Waals surface area contributed by atoms with Crippen molar-refractivity contribution in [3.8, 4) is 0 Å². The molecule has 19 heteroatoms. The van der Waals surface area contributed by atoms with E-state index < -0.39 is 125 Å². The number of nitrogens with one attached hydrogen (secondary N) is 1. The van der Waals surface area contributed by atoms with E-state index in [0.717, 1.165) is 25.8 Å². The number of rotatable bonds is 26. The number of hydrogen-bond donors (Lipinski definition) is 2. The number of aliphatic carboxylic acids is 1. The van der Waals surface area contributed by atoms with Crippen LogP contribution >= 0.6 is 0 Å². The van der Waals surface area contributed by atoms with Gasteiger partial charge in [0.05, 0.1) is 0 Å². The third-order valence-corrected chi connectivity index (χ3v) is 13.7. The van der Waals surface area contributed by atoms with Crippen LogP contribution in [0.1, 0.15) is 173 Å². The molecule has 0 spiro atoms. The number of carboxylic acids is 1. The molecule has 0 aromatic heterocycles. The third-order valence-electron chi connectivity index (χ3n) is 13.7. The highest BCUT2D eigenvalue weighted by molar-refractivity contribution is 5.93. The summed E-state index contributed by atoms with van der Waals surface area (Å²) in [7, 11) is 5.30. The van der Waals surface area contributed by atoms with Gasteiger partial charge in [-0.1, -0.05) is 132 Å². The third kappa shape index (κ3) is 23.4.